The van der Waals surface area contributed by atoms with Crippen molar-refractivity contribution in [1.82, 2.24) is 0 Å². The zero-order valence-electron chi connectivity index (χ0n) is 13.5. The van der Waals surface area contributed by atoms with Gasteiger partial charge in [-0.3, -0.25) is 4.79 Å². The highest BCUT2D eigenvalue weighted by molar-refractivity contribution is 6.07. The first-order valence-corrected chi connectivity index (χ1v) is 7.35. The smallest absolute Gasteiger partial charge is 0.185 e. The maximum atomic E-state index is 12.3. The average Bonchev–Trinajstić information content (AvgIpc) is 2.60. The van der Waals surface area contributed by atoms with Crippen LogP contribution in [-0.2, 0) is 0 Å². The van der Waals surface area contributed by atoms with Gasteiger partial charge in [-0.15, -0.1) is 0 Å². The van der Waals surface area contributed by atoms with E-state index in [9.17, 15) is 4.79 Å². The predicted octanol–water partition coefficient (Wildman–Crippen LogP) is 4.00. The van der Waals surface area contributed by atoms with Crippen LogP contribution in [-0.4, -0.2) is 26.6 Å². The quantitative estimate of drug-likeness (QED) is 0.572. The molecule has 0 heterocycles. The summed E-state index contributed by atoms with van der Waals surface area (Å²) in [5.41, 5.74) is 1.40. The van der Waals surface area contributed by atoms with E-state index in [0.717, 1.165) is 11.3 Å². The number of carbonyl (C=O) groups is 1. The first-order valence-electron chi connectivity index (χ1n) is 7.35. The molecule has 0 spiro atoms. The molecule has 0 radical (unpaired) electrons. The topological polar surface area (TPSA) is 44.8 Å². The van der Waals surface area contributed by atoms with Crippen molar-refractivity contribution in [1.29, 1.82) is 0 Å². The van der Waals surface area contributed by atoms with Crippen molar-refractivity contribution in [2.45, 2.75) is 6.92 Å². The molecule has 120 valence electrons. The Morgan fingerprint density at radius 3 is 2.43 bits per heavy atom. The zero-order valence-corrected chi connectivity index (χ0v) is 13.5. The Labute approximate surface area is 136 Å². The molecule has 2 aromatic carbocycles. The highest BCUT2D eigenvalue weighted by Crippen LogP contribution is 2.28. The van der Waals surface area contributed by atoms with E-state index in [4.69, 9.17) is 14.2 Å². The zero-order chi connectivity index (χ0) is 16.7. The Bertz CT molecular complexity index is 704. The molecule has 0 atom stereocenters. The molecular formula is C19H20O4. The fraction of sp³-hybridized carbons (Fsp3) is 0.211. The van der Waals surface area contributed by atoms with Gasteiger partial charge in [-0.2, -0.15) is 0 Å². The number of ether oxygens (including phenoxy) is 3. The lowest BCUT2D eigenvalue weighted by molar-refractivity contribution is 0.104. The summed E-state index contributed by atoms with van der Waals surface area (Å²) < 4.78 is 15.9. The lowest BCUT2D eigenvalue weighted by atomic mass is 10.1. The number of hydrogen-bond acceptors (Lipinski definition) is 4. The number of carbonyl (C=O) groups excluding carboxylic acids is 1. The minimum absolute atomic E-state index is 0.114. The molecule has 0 unspecified atom stereocenters. The molecule has 4 heteroatoms. The van der Waals surface area contributed by atoms with E-state index in [2.05, 4.69) is 0 Å². The largest absolute Gasteiger partial charge is 0.493 e. The summed E-state index contributed by atoms with van der Waals surface area (Å²) in [6.07, 6.45) is 3.28. The van der Waals surface area contributed by atoms with E-state index < -0.39 is 0 Å². The second-order valence-corrected chi connectivity index (χ2v) is 4.74. The maximum Gasteiger partial charge on any atom is 0.185 e. The Hall–Kier alpha value is -2.75. The molecule has 0 bridgehead atoms. The lowest BCUT2D eigenvalue weighted by Gasteiger charge is -2.08. The molecular weight excluding hydrogens is 292 g/mol. The van der Waals surface area contributed by atoms with Crippen molar-refractivity contribution in [3.8, 4) is 17.2 Å². The fourth-order valence-electron chi connectivity index (χ4n) is 2.16. The first-order chi connectivity index (χ1) is 11.2. The van der Waals surface area contributed by atoms with Crippen LogP contribution in [0, 0.1) is 0 Å². The number of para-hydroxylation sites is 1. The molecule has 0 aromatic heterocycles. The van der Waals surface area contributed by atoms with Crippen molar-refractivity contribution in [3.63, 3.8) is 0 Å². The van der Waals surface area contributed by atoms with Gasteiger partial charge in [0.2, 0.25) is 0 Å². The number of methoxy groups -OCH3 is 2. The summed E-state index contributed by atoms with van der Waals surface area (Å²) in [7, 11) is 3.10. The van der Waals surface area contributed by atoms with Crippen molar-refractivity contribution in [3.05, 3.63) is 59.7 Å². The molecule has 0 aliphatic heterocycles. The van der Waals surface area contributed by atoms with E-state index in [1.165, 1.54) is 6.08 Å². The van der Waals surface area contributed by atoms with Crippen LogP contribution in [0.3, 0.4) is 0 Å². The number of allylic oxidation sites excluding steroid dienone is 1. The van der Waals surface area contributed by atoms with Crippen LogP contribution in [0.4, 0.5) is 0 Å². The monoisotopic (exact) mass is 312 g/mol. The summed E-state index contributed by atoms with van der Waals surface area (Å²) in [5.74, 6) is 1.76. The summed E-state index contributed by atoms with van der Waals surface area (Å²) in [5, 5.41) is 0. The SMILES string of the molecule is CCOc1ccccc1C=CC(=O)c1ccc(OC)c(OC)c1. The van der Waals surface area contributed by atoms with Gasteiger partial charge >= 0.3 is 0 Å². The first kappa shape index (κ1) is 16.6. The van der Waals surface area contributed by atoms with Gasteiger partial charge in [0.1, 0.15) is 5.75 Å². The molecule has 0 N–H and O–H groups in total. The van der Waals surface area contributed by atoms with E-state index in [-0.39, 0.29) is 5.78 Å². The minimum Gasteiger partial charge on any atom is -0.493 e. The van der Waals surface area contributed by atoms with Crippen LogP contribution in [0.1, 0.15) is 22.8 Å². The molecule has 23 heavy (non-hydrogen) atoms. The van der Waals surface area contributed by atoms with Gasteiger partial charge in [0.15, 0.2) is 17.3 Å². The van der Waals surface area contributed by atoms with Crippen molar-refractivity contribution in [2.75, 3.05) is 20.8 Å². The molecule has 4 nitrogen and oxygen atoms in total. The Balaban J connectivity index is 2.22. The highest BCUT2D eigenvalue weighted by Gasteiger charge is 2.09. The standard InChI is InChI=1S/C19H20O4/c1-4-23-17-8-6-5-7-14(17)9-11-16(20)15-10-12-18(21-2)19(13-15)22-3/h5-13H,4H2,1-3H3. The van der Waals surface area contributed by atoms with Gasteiger partial charge in [-0.25, -0.2) is 0 Å². The molecule has 0 aliphatic rings. The third-order valence-electron chi connectivity index (χ3n) is 3.30. The summed E-state index contributed by atoms with van der Waals surface area (Å²) in [4.78, 5) is 12.3. The number of hydrogen-bond donors (Lipinski definition) is 0. The molecule has 2 aromatic rings. The molecule has 0 fully saturated rings. The van der Waals surface area contributed by atoms with Gasteiger partial charge in [0.05, 0.1) is 20.8 Å². The van der Waals surface area contributed by atoms with Crippen LogP contribution in [0.5, 0.6) is 17.2 Å². The molecule has 0 aliphatic carbocycles. The predicted molar refractivity (Wildman–Crippen MR) is 90.5 cm³/mol. The fourth-order valence-corrected chi connectivity index (χ4v) is 2.16. The number of rotatable bonds is 7. The Morgan fingerprint density at radius 1 is 1.00 bits per heavy atom. The van der Waals surface area contributed by atoms with Crippen LogP contribution in [0.15, 0.2) is 48.5 Å². The van der Waals surface area contributed by atoms with Gasteiger partial charge in [0, 0.05) is 11.1 Å². The summed E-state index contributed by atoms with van der Waals surface area (Å²) in [6.45, 7) is 2.50. The lowest BCUT2D eigenvalue weighted by Crippen LogP contribution is -1.98. The second kappa shape index (κ2) is 8.03. The number of benzene rings is 2. The van der Waals surface area contributed by atoms with Crippen molar-refractivity contribution >= 4 is 11.9 Å². The van der Waals surface area contributed by atoms with Crippen LogP contribution in [0.25, 0.3) is 6.08 Å². The molecule has 2 rings (SSSR count). The van der Waals surface area contributed by atoms with Gasteiger partial charge in [0.25, 0.3) is 0 Å². The van der Waals surface area contributed by atoms with Crippen molar-refractivity contribution < 1.29 is 19.0 Å². The molecule has 0 amide bonds. The third-order valence-corrected chi connectivity index (χ3v) is 3.30. The second-order valence-electron chi connectivity index (χ2n) is 4.74. The van der Waals surface area contributed by atoms with Crippen LogP contribution in [0.2, 0.25) is 0 Å². The van der Waals surface area contributed by atoms with E-state index in [1.54, 1.807) is 38.5 Å². The van der Waals surface area contributed by atoms with Crippen LogP contribution >= 0.6 is 0 Å². The van der Waals surface area contributed by atoms with Crippen molar-refractivity contribution in [2.24, 2.45) is 0 Å². The van der Waals surface area contributed by atoms with E-state index in [1.807, 2.05) is 31.2 Å². The highest BCUT2D eigenvalue weighted by atomic mass is 16.5. The molecule has 0 saturated carbocycles. The summed E-state index contributed by atoms with van der Waals surface area (Å²) in [6, 6.07) is 12.7. The third kappa shape index (κ3) is 4.13. The van der Waals surface area contributed by atoms with Gasteiger partial charge in [-0.1, -0.05) is 18.2 Å². The van der Waals surface area contributed by atoms with Gasteiger partial charge in [-0.05, 0) is 43.3 Å². The minimum atomic E-state index is -0.114. The normalized spacial score (nSPS) is 10.6. The van der Waals surface area contributed by atoms with Crippen LogP contribution < -0.4 is 14.2 Å². The Kier molecular flexibility index (Phi) is 5.80. The van der Waals surface area contributed by atoms with E-state index in [0.29, 0.717) is 23.7 Å². The number of ketones is 1. The van der Waals surface area contributed by atoms with E-state index >= 15 is 0 Å². The molecule has 0 saturated heterocycles. The van der Waals surface area contributed by atoms with Gasteiger partial charge < -0.3 is 14.2 Å². The average molecular weight is 312 g/mol. The summed E-state index contributed by atoms with van der Waals surface area (Å²) >= 11 is 0. The Morgan fingerprint density at radius 2 is 1.74 bits per heavy atom. The maximum absolute atomic E-state index is 12.3.